The molecule has 0 radical (unpaired) electrons. The van der Waals surface area contributed by atoms with Crippen LogP contribution < -0.4 is 0 Å². The number of benzene rings is 1. The molecule has 116 valence electrons. The van der Waals surface area contributed by atoms with E-state index in [4.69, 9.17) is 0 Å². The van der Waals surface area contributed by atoms with E-state index in [0.29, 0.717) is 18.0 Å². The van der Waals surface area contributed by atoms with Crippen molar-refractivity contribution in [1.82, 2.24) is 9.21 Å². The molecule has 3 heterocycles. The van der Waals surface area contributed by atoms with Crippen molar-refractivity contribution in [2.45, 2.75) is 30.7 Å². The number of hydrogen-bond donors (Lipinski definition) is 0. The summed E-state index contributed by atoms with van der Waals surface area (Å²) < 4.78 is 40.8. The van der Waals surface area contributed by atoms with Crippen LogP contribution in [0.2, 0.25) is 0 Å². The molecule has 2 atom stereocenters. The minimum atomic E-state index is -3.55. The fourth-order valence-corrected chi connectivity index (χ4v) is 5.53. The summed E-state index contributed by atoms with van der Waals surface area (Å²) in [4.78, 5) is 2.45. The molecule has 1 aromatic rings. The Labute approximate surface area is 125 Å². The van der Waals surface area contributed by atoms with Gasteiger partial charge in [0, 0.05) is 25.7 Å². The highest BCUT2D eigenvalue weighted by Gasteiger charge is 2.40. The van der Waals surface area contributed by atoms with Gasteiger partial charge in [-0.1, -0.05) is 0 Å². The van der Waals surface area contributed by atoms with E-state index in [2.05, 4.69) is 4.90 Å². The Bertz CT molecular complexity index is 647. The highest BCUT2D eigenvalue weighted by Crippen LogP contribution is 2.32. The first-order chi connectivity index (χ1) is 9.88. The summed E-state index contributed by atoms with van der Waals surface area (Å²) in [5.41, 5.74) is 0.475. The zero-order valence-corrected chi connectivity index (χ0v) is 13.2. The number of likely N-dealkylation sites (N-methyl/N-ethyl adjacent to an activating group) is 1. The molecule has 21 heavy (non-hydrogen) atoms. The lowest BCUT2D eigenvalue weighted by Crippen LogP contribution is -2.47. The third-order valence-electron chi connectivity index (χ3n) is 4.57. The van der Waals surface area contributed by atoms with Gasteiger partial charge in [-0.15, -0.1) is 0 Å². The number of hydrogen-bond acceptors (Lipinski definition) is 3. The van der Waals surface area contributed by atoms with Gasteiger partial charge in [0.25, 0.3) is 0 Å². The molecule has 6 heteroatoms. The van der Waals surface area contributed by atoms with Crippen LogP contribution in [0.25, 0.3) is 0 Å². The van der Waals surface area contributed by atoms with Crippen LogP contribution in [0.1, 0.15) is 18.4 Å². The summed E-state index contributed by atoms with van der Waals surface area (Å²) >= 11 is 0. The van der Waals surface area contributed by atoms with Crippen molar-refractivity contribution in [3.05, 3.63) is 29.6 Å². The maximum absolute atomic E-state index is 13.2. The second-order valence-corrected chi connectivity index (χ2v) is 8.16. The Balaban J connectivity index is 1.98. The summed E-state index contributed by atoms with van der Waals surface area (Å²) in [5, 5.41) is 0. The molecule has 0 N–H and O–H groups in total. The average molecular weight is 312 g/mol. The summed E-state index contributed by atoms with van der Waals surface area (Å²) in [6.07, 6.45) is 2.00. The zero-order valence-electron chi connectivity index (χ0n) is 12.4. The van der Waals surface area contributed by atoms with E-state index in [1.54, 1.807) is 11.2 Å². The number of fused-ring (bicyclic) bond motifs is 4. The monoisotopic (exact) mass is 312 g/mol. The first kappa shape index (κ1) is 14.9. The van der Waals surface area contributed by atoms with E-state index in [-0.39, 0.29) is 10.9 Å². The Morgan fingerprint density at radius 1 is 1.19 bits per heavy atom. The molecule has 1 aromatic carbocycles. The molecule has 4 nitrogen and oxygen atoms in total. The molecule has 0 amide bonds. The minimum absolute atomic E-state index is 0.0307. The summed E-state index contributed by atoms with van der Waals surface area (Å²) in [6.45, 7) is 3.95. The highest BCUT2D eigenvalue weighted by atomic mass is 32.2. The van der Waals surface area contributed by atoms with Gasteiger partial charge in [0.05, 0.1) is 4.90 Å². The van der Waals surface area contributed by atoms with E-state index in [0.717, 1.165) is 25.9 Å². The van der Waals surface area contributed by atoms with Gasteiger partial charge in [-0.25, -0.2) is 12.8 Å². The topological polar surface area (TPSA) is 40.6 Å². The smallest absolute Gasteiger partial charge is 0.243 e. The van der Waals surface area contributed by atoms with E-state index < -0.39 is 15.8 Å². The minimum Gasteiger partial charge on any atom is -0.304 e. The molecule has 0 aromatic heterocycles. The molecule has 3 saturated heterocycles. The Morgan fingerprint density at radius 2 is 1.95 bits per heavy atom. The molecule has 3 aliphatic heterocycles. The zero-order chi connectivity index (χ0) is 15.2. The number of piperidine rings is 1. The molecular formula is C15H21FN2O2S. The van der Waals surface area contributed by atoms with E-state index in [1.165, 1.54) is 18.2 Å². The molecule has 2 bridgehead atoms. The van der Waals surface area contributed by atoms with Crippen molar-refractivity contribution in [2.75, 3.05) is 26.7 Å². The van der Waals surface area contributed by atoms with Crippen molar-refractivity contribution in [3.63, 3.8) is 0 Å². The molecule has 3 fully saturated rings. The molecule has 0 saturated carbocycles. The third kappa shape index (κ3) is 2.72. The molecule has 0 unspecified atom stereocenters. The molecule has 3 aliphatic rings. The Kier molecular flexibility index (Phi) is 3.80. The van der Waals surface area contributed by atoms with Crippen LogP contribution in [0.4, 0.5) is 4.39 Å². The van der Waals surface area contributed by atoms with Crippen LogP contribution >= 0.6 is 0 Å². The number of nitrogens with zero attached hydrogens (tertiary/aromatic N) is 2. The standard InChI is InChI=1S/C15H21FN2O2S/c1-11-7-13(16)4-6-15(11)21(19,20)18-9-12-3-5-14(18)10-17(2)8-12/h4,6-7,12,14H,3,5,8-10H2,1-2H3/t12-,14+/m1/s1. The SMILES string of the molecule is Cc1cc(F)ccc1S(=O)(=O)N1C[C@@H]2CC[C@H]1CN(C)C2. The fourth-order valence-electron chi connectivity index (χ4n) is 3.60. The van der Waals surface area contributed by atoms with Crippen molar-refractivity contribution < 1.29 is 12.8 Å². The van der Waals surface area contributed by atoms with Crippen LogP contribution in [0.15, 0.2) is 23.1 Å². The quantitative estimate of drug-likeness (QED) is 0.837. The average Bonchev–Trinajstić information content (AvgIpc) is 2.66. The lowest BCUT2D eigenvalue weighted by atomic mass is 9.97. The van der Waals surface area contributed by atoms with Gasteiger partial charge in [0.15, 0.2) is 0 Å². The first-order valence-electron chi connectivity index (χ1n) is 7.34. The summed E-state index contributed by atoms with van der Waals surface area (Å²) in [6, 6.07) is 3.93. The number of aryl methyl sites for hydroxylation is 1. The second kappa shape index (κ2) is 5.34. The van der Waals surface area contributed by atoms with Gasteiger partial charge >= 0.3 is 0 Å². The van der Waals surface area contributed by atoms with E-state index in [9.17, 15) is 12.8 Å². The van der Waals surface area contributed by atoms with Gasteiger partial charge in [0.2, 0.25) is 10.0 Å². The van der Waals surface area contributed by atoms with Gasteiger partial charge in [-0.2, -0.15) is 4.31 Å². The van der Waals surface area contributed by atoms with Gasteiger partial charge in [-0.05, 0) is 56.5 Å². The van der Waals surface area contributed by atoms with Gasteiger partial charge < -0.3 is 4.90 Å². The molecule has 0 aliphatic carbocycles. The molecule has 4 rings (SSSR count). The normalized spacial score (nSPS) is 27.8. The van der Waals surface area contributed by atoms with Gasteiger partial charge in [-0.3, -0.25) is 0 Å². The first-order valence-corrected chi connectivity index (χ1v) is 8.78. The number of sulfonamides is 1. The predicted molar refractivity (Wildman–Crippen MR) is 79.0 cm³/mol. The summed E-state index contributed by atoms with van der Waals surface area (Å²) in [5.74, 6) is -0.00662. The molecular weight excluding hydrogens is 291 g/mol. The van der Waals surface area contributed by atoms with Gasteiger partial charge in [0.1, 0.15) is 5.82 Å². The lowest BCUT2D eigenvalue weighted by molar-refractivity contribution is 0.229. The highest BCUT2D eigenvalue weighted by molar-refractivity contribution is 7.89. The van der Waals surface area contributed by atoms with Crippen LogP contribution in [-0.4, -0.2) is 50.3 Å². The van der Waals surface area contributed by atoms with Crippen molar-refractivity contribution in [2.24, 2.45) is 5.92 Å². The Morgan fingerprint density at radius 3 is 2.67 bits per heavy atom. The maximum Gasteiger partial charge on any atom is 0.243 e. The number of halogens is 1. The van der Waals surface area contributed by atoms with E-state index >= 15 is 0 Å². The van der Waals surface area contributed by atoms with Crippen LogP contribution in [0, 0.1) is 18.7 Å². The van der Waals surface area contributed by atoms with Crippen molar-refractivity contribution in [3.8, 4) is 0 Å². The number of rotatable bonds is 2. The lowest BCUT2D eigenvalue weighted by Gasteiger charge is -2.35. The maximum atomic E-state index is 13.2. The largest absolute Gasteiger partial charge is 0.304 e. The third-order valence-corrected chi connectivity index (χ3v) is 6.65. The van der Waals surface area contributed by atoms with Crippen molar-refractivity contribution in [1.29, 1.82) is 0 Å². The van der Waals surface area contributed by atoms with Crippen LogP contribution in [0.3, 0.4) is 0 Å². The molecule has 0 spiro atoms. The van der Waals surface area contributed by atoms with Crippen molar-refractivity contribution >= 4 is 10.0 Å². The van der Waals surface area contributed by atoms with Crippen LogP contribution in [-0.2, 0) is 10.0 Å². The second-order valence-electron chi connectivity index (χ2n) is 6.30. The summed E-state index contributed by atoms with van der Waals surface area (Å²) in [7, 11) is -1.50. The van der Waals surface area contributed by atoms with Crippen LogP contribution in [0.5, 0.6) is 0 Å². The predicted octanol–water partition coefficient (Wildman–Crippen LogP) is 1.85. The fraction of sp³-hybridized carbons (Fsp3) is 0.600. The van der Waals surface area contributed by atoms with E-state index in [1.807, 2.05) is 7.05 Å². The Hall–Kier alpha value is -0.980.